The summed E-state index contributed by atoms with van der Waals surface area (Å²) >= 11 is 0. The lowest BCUT2D eigenvalue weighted by atomic mass is 9.85. The highest BCUT2D eigenvalue weighted by Gasteiger charge is 2.27. The molecule has 114 valence electrons. The monoisotopic (exact) mass is 305 g/mol. The second-order valence-corrected chi connectivity index (χ2v) is 6.51. The number of nitrogens with zero attached hydrogens (tertiary/aromatic N) is 3. The number of benzene rings is 2. The molecule has 0 spiro atoms. The molecule has 0 aliphatic carbocycles. The van der Waals surface area contributed by atoms with E-state index in [2.05, 4.69) is 23.8 Å². The van der Waals surface area contributed by atoms with Gasteiger partial charge in [-0.25, -0.2) is 4.39 Å². The quantitative estimate of drug-likeness (QED) is 0.683. The van der Waals surface area contributed by atoms with E-state index in [4.69, 9.17) is 4.99 Å². The van der Waals surface area contributed by atoms with Gasteiger partial charge in [0, 0.05) is 23.5 Å². The van der Waals surface area contributed by atoms with Crippen LogP contribution in [0.3, 0.4) is 0 Å². The number of hydrogen-bond donors (Lipinski definition) is 0. The van der Waals surface area contributed by atoms with Gasteiger partial charge < -0.3 is 0 Å². The first kappa shape index (κ1) is 14.0. The first-order valence-electron chi connectivity index (χ1n) is 7.62. The smallest absolute Gasteiger partial charge is 0.123 e. The zero-order chi connectivity index (χ0) is 16.0. The van der Waals surface area contributed by atoms with Crippen molar-refractivity contribution in [3.8, 4) is 0 Å². The van der Waals surface area contributed by atoms with Crippen LogP contribution in [0.4, 0.5) is 4.39 Å². The van der Waals surface area contributed by atoms with Crippen LogP contribution in [0.1, 0.15) is 30.5 Å². The number of aromatic nitrogens is 2. The van der Waals surface area contributed by atoms with Crippen molar-refractivity contribution in [2.45, 2.75) is 25.8 Å². The Labute approximate surface area is 133 Å². The molecular formula is C19H16FN3. The summed E-state index contributed by atoms with van der Waals surface area (Å²) in [7, 11) is 0. The van der Waals surface area contributed by atoms with Gasteiger partial charge in [0.15, 0.2) is 0 Å². The molecule has 2 aromatic carbocycles. The van der Waals surface area contributed by atoms with Crippen LogP contribution in [-0.4, -0.2) is 21.2 Å². The molecule has 0 amide bonds. The van der Waals surface area contributed by atoms with Gasteiger partial charge in [0.2, 0.25) is 0 Å². The van der Waals surface area contributed by atoms with Crippen molar-refractivity contribution < 1.29 is 4.39 Å². The zero-order valence-corrected chi connectivity index (χ0v) is 13.0. The molecule has 0 fully saturated rings. The minimum absolute atomic E-state index is 0.204. The van der Waals surface area contributed by atoms with E-state index in [1.807, 2.05) is 24.3 Å². The van der Waals surface area contributed by atoms with E-state index in [0.29, 0.717) is 0 Å². The summed E-state index contributed by atoms with van der Waals surface area (Å²) in [4.78, 5) is 13.6. The maximum Gasteiger partial charge on any atom is 0.123 e. The SMILES string of the molecule is CC1(C)Cc2cc(F)ccc2C(c2ccc3nccnc3c2)=N1. The highest BCUT2D eigenvalue weighted by molar-refractivity contribution is 6.15. The van der Waals surface area contributed by atoms with Gasteiger partial charge in [-0.15, -0.1) is 0 Å². The molecular weight excluding hydrogens is 289 g/mol. The fraction of sp³-hybridized carbons (Fsp3) is 0.211. The summed E-state index contributed by atoms with van der Waals surface area (Å²) in [5, 5.41) is 0. The van der Waals surface area contributed by atoms with E-state index in [-0.39, 0.29) is 11.4 Å². The molecule has 4 heteroatoms. The van der Waals surface area contributed by atoms with Gasteiger partial charge in [-0.1, -0.05) is 6.07 Å². The van der Waals surface area contributed by atoms with Crippen LogP contribution in [-0.2, 0) is 6.42 Å². The minimum Gasteiger partial charge on any atom is -0.278 e. The van der Waals surface area contributed by atoms with Crippen molar-refractivity contribution in [3.05, 3.63) is 71.3 Å². The molecule has 0 radical (unpaired) electrons. The topological polar surface area (TPSA) is 38.1 Å². The lowest BCUT2D eigenvalue weighted by Gasteiger charge is -2.29. The Kier molecular flexibility index (Phi) is 3.01. The molecule has 0 unspecified atom stereocenters. The van der Waals surface area contributed by atoms with Gasteiger partial charge in [0.1, 0.15) is 5.82 Å². The Morgan fingerprint density at radius 3 is 2.57 bits per heavy atom. The lowest BCUT2D eigenvalue weighted by molar-refractivity contribution is 0.510. The molecule has 3 aromatic rings. The van der Waals surface area contributed by atoms with E-state index in [0.717, 1.165) is 39.9 Å². The van der Waals surface area contributed by atoms with Gasteiger partial charge in [-0.05, 0) is 56.2 Å². The maximum absolute atomic E-state index is 13.6. The maximum atomic E-state index is 13.6. The van der Waals surface area contributed by atoms with Crippen molar-refractivity contribution >= 4 is 16.7 Å². The average molecular weight is 305 g/mol. The Hall–Kier alpha value is -2.62. The Balaban J connectivity index is 1.93. The number of hydrogen-bond acceptors (Lipinski definition) is 3. The molecule has 2 heterocycles. The molecule has 1 aliphatic rings. The van der Waals surface area contributed by atoms with Crippen molar-refractivity contribution in [1.82, 2.24) is 9.97 Å². The Bertz CT molecular complexity index is 944. The van der Waals surface area contributed by atoms with E-state index < -0.39 is 0 Å². The van der Waals surface area contributed by atoms with Crippen molar-refractivity contribution in [1.29, 1.82) is 0 Å². The molecule has 3 nitrogen and oxygen atoms in total. The standard InChI is InChI=1S/C19H16FN3/c1-19(2)11-13-9-14(20)4-5-15(13)18(23-19)12-3-6-16-17(10-12)22-8-7-21-16/h3-10H,11H2,1-2H3. The third kappa shape index (κ3) is 2.50. The predicted octanol–water partition coefficient (Wildman–Crippen LogP) is 3.94. The second kappa shape index (κ2) is 4.95. The largest absolute Gasteiger partial charge is 0.278 e. The van der Waals surface area contributed by atoms with E-state index in [1.165, 1.54) is 6.07 Å². The average Bonchev–Trinajstić information content (AvgIpc) is 2.52. The number of halogens is 1. The highest BCUT2D eigenvalue weighted by Crippen LogP contribution is 2.30. The predicted molar refractivity (Wildman–Crippen MR) is 89.4 cm³/mol. The normalized spacial score (nSPS) is 16.0. The molecule has 0 N–H and O–H groups in total. The molecule has 23 heavy (non-hydrogen) atoms. The molecule has 4 rings (SSSR count). The van der Waals surface area contributed by atoms with Gasteiger partial charge in [-0.2, -0.15) is 0 Å². The summed E-state index contributed by atoms with van der Waals surface area (Å²) in [6, 6.07) is 10.9. The molecule has 0 bridgehead atoms. The highest BCUT2D eigenvalue weighted by atomic mass is 19.1. The summed E-state index contributed by atoms with van der Waals surface area (Å²) in [6.07, 6.45) is 4.10. The van der Waals surface area contributed by atoms with Crippen molar-refractivity contribution in [3.63, 3.8) is 0 Å². The van der Waals surface area contributed by atoms with Crippen LogP contribution in [0.5, 0.6) is 0 Å². The van der Waals surface area contributed by atoms with E-state index >= 15 is 0 Å². The van der Waals surface area contributed by atoms with Crippen LogP contribution < -0.4 is 0 Å². The number of rotatable bonds is 1. The van der Waals surface area contributed by atoms with Crippen LogP contribution in [0, 0.1) is 5.82 Å². The molecule has 1 aromatic heterocycles. The first-order valence-corrected chi connectivity index (χ1v) is 7.62. The van der Waals surface area contributed by atoms with E-state index in [1.54, 1.807) is 18.5 Å². The van der Waals surface area contributed by atoms with Crippen molar-refractivity contribution in [2.75, 3.05) is 0 Å². The number of fused-ring (bicyclic) bond motifs is 2. The molecule has 1 aliphatic heterocycles. The fourth-order valence-corrected chi connectivity index (χ4v) is 3.14. The van der Waals surface area contributed by atoms with E-state index in [9.17, 15) is 4.39 Å². The van der Waals surface area contributed by atoms with Crippen LogP contribution in [0.2, 0.25) is 0 Å². The first-order chi connectivity index (χ1) is 11.0. The van der Waals surface area contributed by atoms with Gasteiger partial charge >= 0.3 is 0 Å². The Morgan fingerprint density at radius 2 is 1.74 bits per heavy atom. The summed E-state index contributed by atoms with van der Waals surface area (Å²) in [5.74, 6) is -0.204. The zero-order valence-electron chi connectivity index (χ0n) is 13.0. The Morgan fingerprint density at radius 1 is 0.957 bits per heavy atom. The molecule has 0 saturated carbocycles. The van der Waals surface area contributed by atoms with Crippen molar-refractivity contribution in [2.24, 2.45) is 4.99 Å². The van der Waals surface area contributed by atoms with Crippen LogP contribution >= 0.6 is 0 Å². The third-order valence-corrected chi connectivity index (χ3v) is 4.10. The van der Waals surface area contributed by atoms with Crippen LogP contribution in [0.25, 0.3) is 11.0 Å². The second-order valence-electron chi connectivity index (χ2n) is 6.51. The third-order valence-electron chi connectivity index (χ3n) is 4.10. The minimum atomic E-state index is -0.256. The molecule has 0 saturated heterocycles. The van der Waals surface area contributed by atoms with Gasteiger partial charge in [-0.3, -0.25) is 15.0 Å². The van der Waals surface area contributed by atoms with Gasteiger partial charge in [0.25, 0.3) is 0 Å². The summed E-state index contributed by atoms with van der Waals surface area (Å²) in [5.41, 5.74) is 5.30. The number of aliphatic imine (C=N–C) groups is 1. The summed E-state index contributed by atoms with van der Waals surface area (Å²) < 4.78 is 13.6. The van der Waals surface area contributed by atoms with Gasteiger partial charge in [0.05, 0.1) is 22.3 Å². The molecule has 0 atom stereocenters. The summed E-state index contributed by atoms with van der Waals surface area (Å²) in [6.45, 7) is 4.14. The lowest BCUT2D eigenvalue weighted by Crippen LogP contribution is -2.29. The fourth-order valence-electron chi connectivity index (χ4n) is 3.14. The van der Waals surface area contributed by atoms with Crippen LogP contribution in [0.15, 0.2) is 53.8 Å².